The van der Waals surface area contributed by atoms with Crippen molar-refractivity contribution in [3.63, 3.8) is 0 Å². The first-order valence-electron chi connectivity index (χ1n) is 32.9. The first-order chi connectivity index (χ1) is 40.2. The third-order valence-corrected chi connectivity index (χ3v) is 10.5. The molecule has 2 aromatic heterocycles. The number of nitrogens with zero attached hydrogens (tertiary/aromatic N) is 3. The van der Waals surface area contributed by atoms with Gasteiger partial charge >= 0.3 is 0 Å². The van der Waals surface area contributed by atoms with Crippen molar-refractivity contribution in [2.45, 2.75) is 98.4 Å². The molecule has 0 aliphatic carbocycles. The minimum atomic E-state index is -4.23. The molecule has 0 fully saturated rings. The minimum absolute atomic E-state index is 0. The van der Waals surface area contributed by atoms with Gasteiger partial charge in [0.05, 0.1) is 33.3 Å². The third-order valence-electron chi connectivity index (χ3n) is 10.5. The number of hydrogen-bond acceptors (Lipinski definition) is 3. The zero-order chi connectivity index (χ0) is 66.1. The van der Waals surface area contributed by atoms with E-state index in [9.17, 15) is 6.48 Å². The van der Waals surface area contributed by atoms with Crippen molar-refractivity contribution in [2.24, 2.45) is 5.92 Å². The summed E-state index contributed by atoms with van der Waals surface area (Å²) in [6.07, 6.45) is -0.187. The molecule has 63 heavy (non-hydrogen) atoms. The first-order valence-corrected chi connectivity index (χ1v) is 19.9. The Kier molecular flexibility index (Phi) is 6.36. The van der Waals surface area contributed by atoms with Crippen LogP contribution in [0.25, 0.3) is 72.7 Å². The number of hydrogen-bond donors (Lipinski definition) is 1. The van der Waals surface area contributed by atoms with Gasteiger partial charge in [-0.2, -0.15) is 0 Å². The Morgan fingerprint density at radius 1 is 0.698 bits per heavy atom. The number of phenols is 1. The van der Waals surface area contributed by atoms with Gasteiger partial charge in [-0.25, -0.2) is 4.98 Å². The Bertz CT molecular complexity index is 3950. The zero-order valence-electron chi connectivity index (χ0n) is 61.0. The molecule has 0 radical (unpaired) electrons. The molecule has 1 N–H and O–H groups in total. The van der Waals surface area contributed by atoms with Crippen molar-refractivity contribution < 1.29 is 61.8 Å². The summed E-state index contributed by atoms with van der Waals surface area (Å²) in [6.45, 7) is -15.5. The van der Waals surface area contributed by atoms with E-state index in [0.717, 1.165) is 5.56 Å². The van der Waals surface area contributed by atoms with Crippen molar-refractivity contribution >= 4 is 11.0 Å². The van der Waals surface area contributed by atoms with E-state index in [-0.39, 0.29) is 72.2 Å². The van der Waals surface area contributed by atoms with E-state index in [1.165, 1.54) is 4.57 Å². The zero-order valence-corrected chi connectivity index (χ0v) is 37.3. The second kappa shape index (κ2) is 17.5. The predicted molar refractivity (Wildman–Crippen MR) is 261 cm³/mol. The first kappa shape index (κ1) is 22.9. The van der Waals surface area contributed by atoms with Crippen LogP contribution in [-0.2, 0) is 43.7 Å². The van der Waals surface area contributed by atoms with E-state index in [0.29, 0.717) is 29.2 Å². The Labute approximate surface area is 426 Å². The Morgan fingerprint density at radius 3 is 2.11 bits per heavy atom. The average molecular weight is 1040 g/mol. The summed E-state index contributed by atoms with van der Waals surface area (Å²) in [5.41, 5.74) is -11.3. The van der Waals surface area contributed by atoms with E-state index in [2.05, 4.69) is 11.1 Å². The SMILES string of the molecule is [2H]c1nc(-c2[c-]c(-c3cccc4c3nc(-c3cc(C(C([2H])([2H])[2H])(C([2H])([2H])[2H])C([2H])([2H])[2H])cc(C(C([2H])([2H])[2H])(C([2H])([2H])[2H])C([2H])([2H])[2H])c3O)n4-c3ccc(CC(C)C)cc3-c3ccccc3)cc(C(C)(C)C)c2)c([2H])c(-c2c([2H])c([2H])c([2H])c([2H])c2[2H])c1[2H].[Pt]. The van der Waals surface area contributed by atoms with Gasteiger partial charge in [-0.3, -0.25) is 9.55 Å². The monoisotopic (exact) mass is 1040 g/mol. The van der Waals surface area contributed by atoms with Gasteiger partial charge in [-0.05, 0) is 86.7 Å². The maximum atomic E-state index is 13.1. The molecule has 5 heteroatoms. The maximum absolute atomic E-state index is 13.1. The van der Waals surface area contributed by atoms with Crippen molar-refractivity contribution in [1.29, 1.82) is 0 Å². The second-order valence-corrected chi connectivity index (χ2v) is 16.8. The van der Waals surface area contributed by atoms with Crippen LogP contribution < -0.4 is 0 Å². The second-order valence-electron chi connectivity index (χ2n) is 16.8. The number of fused-ring (bicyclic) bond motifs is 1. The molecular weight excluding hydrogens is 950 g/mol. The van der Waals surface area contributed by atoms with Crippen molar-refractivity contribution in [2.75, 3.05) is 0 Å². The van der Waals surface area contributed by atoms with E-state index in [4.69, 9.17) is 39.3 Å². The summed E-state index contributed by atoms with van der Waals surface area (Å²) < 4.78 is 229. The molecular formula is C58H60N3OPt-. The molecule has 4 nitrogen and oxygen atoms in total. The number of aromatic hydroxyl groups is 1. The Balaban J connectivity index is 0.0000113. The van der Waals surface area contributed by atoms with Crippen LogP contribution in [-0.4, -0.2) is 19.6 Å². The van der Waals surface area contributed by atoms with Crippen LogP contribution >= 0.6 is 0 Å². The van der Waals surface area contributed by atoms with Gasteiger partial charge in [0.2, 0.25) is 0 Å². The topological polar surface area (TPSA) is 50.9 Å². The van der Waals surface area contributed by atoms with Gasteiger partial charge in [0.1, 0.15) is 11.6 Å². The number of aromatic nitrogens is 3. The summed E-state index contributed by atoms with van der Waals surface area (Å²) in [6, 6.07) is 21.1. The van der Waals surface area contributed by atoms with E-state index in [1.54, 1.807) is 72.8 Å². The molecule has 0 aliphatic heterocycles. The van der Waals surface area contributed by atoms with Crippen LogP contribution in [0, 0.1) is 12.0 Å². The summed E-state index contributed by atoms with van der Waals surface area (Å²) in [5, 5.41) is 13.1. The molecule has 0 bridgehead atoms. The van der Waals surface area contributed by atoms with Gasteiger partial charge in [0.25, 0.3) is 0 Å². The van der Waals surface area contributed by atoms with Crippen molar-refractivity contribution in [3.8, 4) is 67.5 Å². The molecule has 0 saturated carbocycles. The normalized spacial score (nSPS) is 19.4. The molecule has 0 spiro atoms. The average Bonchev–Trinajstić information content (AvgIpc) is 1.30. The quantitative estimate of drug-likeness (QED) is 0.154. The van der Waals surface area contributed by atoms with Crippen LogP contribution in [0.5, 0.6) is 5.75 Å². The van der Waals surface area contributed by atoms with Crippen LogP contribution in [0.3, 0.4) is 0 Å². The summed E-state index contributed by atoms with van der Waals surface area (Å²) in [7, 11) is 0. The van der Waals surface area contributed by atoms with E-state index >= 15 is 0 Å². The Hall–Kier alpha value is -5.57. The van der Waals surface area contributed by atoms with Crippen LogP contribution in [0.4, 0.5) is 0 Å². The Morgan fingerprint density at radius 2 is 1.41 bits per heavy atom. The molecule has 8 rings (SSSR count). The van der Waals surface area contributed by atoms with Crippen molar-refractivity contribution in [3.05, 3.63) is 168 Å². The van der Waals surface area contributed by atoms with E-state index in [1.807, 2.05) is 40.7 Å². The standard InChI is InChI=1S/C58H60N3O.Pt/c1-37(2)29-38-25-26-51(47(30-38)40-21-16-13-17-22-40)61-52-24-18-23-46(53(52)60-55(61)48-35-45(57(6,7)8)36-49(54(48)62)58(9,10)11)42-31-43(33-44(32-42)56(3,4)5)50-34-41(27-28-59-50)39-19-14-12-15-20-39;/h12-28,30,32-37,62H,29H2,1-11H3;/q-1;/i6D3,7D3,8D3,9D3,10D3,11D3,12D,14D,15D,19D,20D,27D,28D,34D;. The molecule has 0 aliphatic rings. The van der Waals surface area contributed by atoms with Gasteiger partial charge in [0, 0.05) is 68.7 Å². The molecule has 0 atom stereocenters. The van der Waals surface area contributed by atoms with Gasteiger partial charge in [0.15, 0.2) is 0 Å². The third kappa shape index (κ3) is 9.39. The number of benzene rings is 6. The van der Waals surface area contributed by atoms with Gasteiger partial charge < -0.3 is 5.11 Å². The number of phenolic OH excluding ortho intramolecular Hbond substituents is 1. The fourth-order valence-electron chi connectivity index (χ4n) is 7.49. The summed E-state index contributed by atoms with van der Waals surface area (Å²) in [4.78, 5) is 9.41. The minimum Gasteiger partial charge on any atom is -0.507 e. The molecule has 8 aromatic rings. The molecule has 0 saturated heterocycles. The number of pyridine rings is 1. The smallest absolute Gasteiger partial charge is 0.148 e. The maximum Gasteiger partial charge on any atom is 0.148 e. The molecule has 0 unspecified atom stereocenters. The predicted octanol–water partition coefficient (Wildman–Crippen LogP) is 15.3. The van der Waals surface area contributed by atoms with Crippen LogP contribution in [0.15, 0.2) is 139 Å². The van der Waals surface area contributed by atoms with Crippen molar-refractivity contribution in [1.82, 2.24) is 14.5 Å². The summed E-state index contributed by atoms with van der Waals surface area (Å²) in [5.74, 6) is -1.90. The summed E-state index contributed by atoms with van der Waals surface area (Å²) >= 11 is 0. The number of para-hydroxylation sites is 1. The number of imidazole rings is 1. The largest absolute Gasteiger partial charge is 0.507 e. The van der Waals surface area contributed by atoms with E-state index < -0.39 is 145 Å². The fraction of sp³-hybridized carbons (Fsp3) is 0.276. The molecule has 2 heterocycles. The molecule has 6 aromatic carbocycles. The fourth-order valence-corrected chi connectivity index (χ4v) is 7.49. The van der Waals surface area contributed by atoms with Gasteiger partial charge in [-0.15, -0.1) is 29.3 Å². The van der Waals surface area contributed by atoms with Crippen LogP contribution in [0.1, 0.15) is 134 Å². The molecule has 324 valence electrons. The number of rotatable bonds is 8. The molecule has 0 amide bonds. The van der Waals surface area contributed by atoms with Gasteiger partial charge in [-0.1, -0.05) is 178 Å². The van der Waals surface area contributed by atoms with Crippen LogP contribution in [0.2, 0.25) is 0 Å².